The van der Waals surface area contributed by atoms with Gasteiger partial charge >= 0.3 is 0 Å². The molecule has 0 bridgehead atoms. The monoisotopic (exact) mass is 183 g/mol. The first-order chi connectivity index (χ1) is 6.23. The summed E-state index contributed by atoms with van der Waals surface area (Å²) in [6, 6.07) is 0. The van der Waals surface area contributed by atoms with E-state index in [4.69, 9.17) is 4.74 Å². The van der Waals surface area contributed by atoms with E-state index in [1.807, 2.05) is 0 Å². The van der Waals surface area contributed by atoms with Crippen molar-refractivity contribution in [3.05, 3.63) is 12.2 Å². The van der Waals surface area contributed by atoms with Gasteiger partial charge in [-0.3, -0.25) is 4.90 Å². The van der Waals surface area contributed by atoms with E-state index in [0.717, 1.165) is 25.9 Å². The Morgan fingerprint density at radius 1 is 1.77 bits per heavy atom. The summed E-state index contributed by atoms with van der Waals surface area (Å²) in [6.07, 6.45) is 2.19. The molecule has 2 fully saturated rings. The van der Waals surface area contributed by atoms with Crippen molar-refractivity contribution in [1.29, 1.82) is 0 Å². The number of aliphatic hydroxyl groups is 1. The van der Waals surface area contributed by atoms with Gasteiger partial charge in [0.05, 0.1) is 18.2 Å². The smallest absolute Gasteiger partial charge is 0.0720 e. The molecule has 2 aliphatic rings. The molecular weight excluding hydrogens is 166 g/mol. The standard InChI is InChI=1S/C10H17NO2/c1-8-3-4-11-6-9(13-2)5-10(8,11)7-12/h9,12H,1,3-7H2,2H3/t9-,10?/m0/s1. The van der Waals surface area contributed by atoms with Crippen LogP contribution in [0.1, 0.15) is 12.8 Å². The Hall–Kier alpha value is -0.380. The maximum absolute atomic E-state index is 9.45. The maximum Gasteiger partial charge on any atom is 0.0720 e. The number of hydrogen-bond donors (Lipinski definition) is 1. The van der Waals surface area contributed by atoms with E-state index in [9.17, 15) is 5.11 Å². The van der Waals surface area contributed by atoms with E-state index < -0.39 is 0 Å². The van der Waals surface area contributed by atoms with Crippen LogP contribution in [0.2, 0.25) is 0 Å². The van der Waals surface area contributed by atoms with Crippen molar-refractivity contribution in [1.82, 2.24) is 4.90 Å². The van der Waals surface area contributed by atoms with Crippen LogP contribution in [-0.2, 0) is 4.74 Å². The molecule has 1 N–H and O–H groups in total. The van der Waals surface area contributed by atoms with Crippen molar-refractivity contribution in [3.8, 4) is 0 Å². The predicted molar refractivity (Wildman–Crippen MR) is 50.6 cm³/mol. The molecule has 0 radical (unpaired) electrons. The topological polar surface area (TPSA) is 32.7 Å². The first-order valence-electron chi connectivity index (χ1n) is 4.80. The molecule has 0 amide bonds. The molecule has 74 valence electrons. The zero-order valence-corrected chi connectivity index (χ0v) is 8.12. The zero-order chi connectivity index (χ0) is 9.47. The van der Waals surface area contributed by atoms with Crippen molar-refractivity contribution < 1.29 is 9.84 Å². The molecule has 0 saturated carbocycles. The molecule has 2 saturated heterocycles. The fraction of sp³-hybridized carbons (Fsp3) is 0.800. The average molecular weight is 183 g/mol. The van der Waals surface area contributed by atoms with Gasteiger partial charge in [-0.1, -0.05) is 12.2 Å². The first kappa shape index (κ1) is 9.19. The molecule has 0 aromatic heterocycles. The van der Waals surface area contributed by atoms with E-state index in [1.165, 1.54) is 5.57 Å². The van der Waals surface area contributed by atoms with Gasteiger partial charge in [-0.25, -0.2) is 0 Å². The summed E-state index contributed by atoms with van der Waals surface area (Å²) < 4.78 is 5.33. The number of fused-ring (bicyclic) bond motifs is 1. The van der Waals surface area contributed by atoms with E-state index in [1.54, 1.807) is 7.11 Å². The van der Waals surface area contributed by atoms with Crippen molar-refractivity contribution in [2.75, 3.05) is 26.8 Å². The SMILES string of the molecule is C=C1CCN2C[C@@H](OC)CC12CO. The highest BCUT2D eigenvalue weighted by molar-refractivity contribution is 5.26. The number of aliphatic hydroxyl groups excluding tert-OH is 1. The molecule has 1 unspecified atom stereocenters. The lowest BCUT2D eigenvalue weighted by Gasteiger charge is -2.30. The molecule has 2 rings (SSSR count). The second-order valence-corrected chi connectivity index (χ2v) is 4.05. The minimum absolute atomic E-state index is 0.152. The summed E-state index contributed by atoms with van der Waals surface area (Å²) in [5, 5.41) is 9.45. The van der Waals surface area contributed by atoms with Crippen molar-refractivity contribution >= 4 is 0 Å². The van der Waals surface area contributed by atoms with E-state index in [-0.39, 0.29) is 18.2 Å². The van der Waals surface area contributed by atoms with Crippen LogP contribution >= 0.6 is 0 Å². The molecule has 0 spiro atoms. The van der Waals surface area contributed by atoms with Crippen LogP contribution in [0.5, 0.6) is 0 Å². The van der Waals surface area contributed by atoms with Gasteiger partial charge in [-0.05, 0) is 12.8 Å². The Bertz CT molecular complexity index is 229. The number of rotatable bonds is 2. The molecular formula is C10H17NO2. The Morgan fingerprint density at radius 3 is 3.08 bits per heavy atom. The van der Waals surface area contributed by atoms with Crippen LogP contribution in [0.15, 0.2) is 12.2 Å². The van der Waals surface area contributed by atoms with Gasteiger partial charge in [0, 0.05) is 20.2 Å². The van der Waals surface area contributed by atoms with Gasteiger partial charge in [0.25, 0.3) is 0 Å². The molecule has 0 aromatic rings. The normalized spacial score (nSPS) is 39.8. The van der Waals surface area contributed by atoms with E-state index >= 15 is 0 Å². The fourth-order valence-electron chi connectivity index (χ4n) is 2.60. The second kappa shape index (κ2) is 3.08. The summed E-state index contributed by atoms with van der Waals surface area (Å²) >= 11 is 0. The van der Waals surface area contributed by atoms with Gasteiger partial charge in [-0.15, -0.1) is 0 Å². The Kier molecular flexibility index (Phi) is 2.18. The van der Waals surface area contributed by atoms with Crippen molar-refractivity contribution in [2.45, 2.75) is 24.5 Å². The summed E-state index contributed by atoms with van der Waals surface area (Å²) in [5.41, 5.74) is 1.02. The number of hydrogen-bond acceptors (Lipinski definition) is 3. The molecule has 13 heavy (non-hydrogen) atoms. The van der Waals surface area contributed by atoms with Crippen LogP contribution in [0.4, 0.5) is 0 Å². The Morgan fingerprint density at radius 2 is 2.54 bits per heavy atom. The van der Waals surface area contributed by atoms with Crippen LogP contribution < -0.4 is 0 Å². The van der Waals surface area contributed by atoms with E-state index in [0.29, 0.717) is 0 Å². The molecule has 0 aliphatic carbocycles. The average Bonchev–Trinajstić information content (AvgIpc) is 2.64. The summed E-state index contributed by atoms with van der Waals surface area (Å²) in [5.74, 6) is 0. The third kappa shape index (κ3) is 1.15. The Labute approximate surface area is 79.0 Å². The molecule has 0 aromatic carbocycles. The molecule has 3 heteroatoms. The number of methoxy groups -OCH3 is 1. The zero-order valence-electron chi connectivity index (χ0n) is 8.12. The van der Waals surface area contributed by atoms with Crippen LogP contribution in [0.3, 0.4) is 0 Å². The molecule has 3 nitrogen and oxygen atoms in total. The Balaban J connectivity index is 2.21. The largest absolute Gasteiger partial charge is 0.394 e. The summed E-state index contributed by atoms with van der Waals surface area (Å²) in [7, 11) is 1.74. The second-order valence-electron chi connectivity index (χ2n) is 4.05. The van der Waals surface area contributed by atoms with Crippen molar-refractivity contribution in [2.24, 2.45) is 0 Å². The molecule has 2 aliphatic heterocycles. The third-order valence-corrected chi connectivity index (χ3v) is 3.53. The summed E-state index contributed by atoms with van der Waals surface area (Å²) in [4.78, 5) is 2.31. The lowest BCUT2D eigenvalue weighted by atomic mass is 9.90. The maximum atomic E-state index is 9.45. The first-order valence-corrected chi connectivity index (χ1v) is 4.80. The minimum Gasteiger partial charge on any atom is -0.394 e. The van der Waals surface area contributed by atoms with Crippen LogP contribution in [-0.4, -0.2) is 48.5 Å². The van der Waals surface area contributed by atoms with Crippen LogP contribution in [0, 0.1) is 0 Å². The van der Waals surface area contributed by atoms with Gasteiger partial charge in [0.15, 0.2) is 0 Å². The van der Waals surface area contributed by atoms with Crippen LogP contribution in [0.25, 0.3) is 0 Å². The highest BCUT2D eigenvalue weighted by Gasteiger charge is 2.50. The van der Waals surface area contributed by atoms with Gasteiger partial charge in [-0.2, -0.15) is 0 Å². The van der Waals surface area contributed by atoms with Gasteiger partial charge < -0.3 is 9.84 Å². The molecule has 2 atom stereocenters. The highest BCUT2D eigenvalue weighted by Crippen LogP contribution is 2.42. The quantitative estimate of drug-likeness (QED) is 0.629. The fourth-order valence-corrected chi connectivity index (χ4v) is 2.60. The highest BCUT2D eigenvalue weighted by atomic mass is 16.5. The number of nitrogens with zero attached hydrogens (tertiary/aromatic N) is 1. The predicted octanol–water partition coefficient (Wildman–Crippen LogP) is 0.398. The van der Waals surface area contributed by atoms with Gasteiger partial charge in [0.1, 0.15) is 0 Å². The van der Waals surface area contributed by atoms with E-state index in [2.05, 4.69) is 11.5 Å². The third-order valence-electron chi connectivity index (χ3n) is 3.53. The lowest BCUT2D eigenvalue weighted by Crippen LogP contribution is -2.42. The molecule has 2 heterocycles. The lowest BCUT2D eigenvalue weighted by molar-refractivity contribution is 0.107. The minimum atomic E-state index is -0.152. The number of ether oxygens (including phenoxy) is 1. The van der Waals surface area contributed by atoms with Crippen molar-refractivity contribution in [3.63, 3.8) is 0 Å². The van der Waals surface area contributed by atoms with Gasteiger partial charge in [0.2, 0.25) is 0 Å². The summed E-state index contributed by atoms with van der Waals surface area (Å²) in [6.45, 7) is 6.21.